The maximum Gasteiger partial charge on any atom is 0.433 e. The van der Waals surface area contributed by atoms with Gasteiger partial charge < -0.3 is 15.2 Å². The maximum absolute atomic E-state index is 13.4. The van der Waals surface area contributed by atoms with Gasteiger partial charge in [-0.15, -0.1) is 0 Å². The van der Waals surface area contributed by atoms with E-state index >= 15 is 0 Å². The summed E-state index contributed by atoms with van der Waals surface area (Å²) in [5, 5.41) is 11.7. The molecule has 2 heterocycles. The molecule has 0 saturated heterocycles. The Morgan fingerprint density at radius 1 is 1.30 bits per heavy atom. The second-order valence-corrected chi connectivity index (χ2v) is 6.20. The van der Waals surface area contributed by atoms with Crippen LogP contribution in [0.25, 0.3) is 0 Å². The molecule has 2 atom stereocenters. The number of carbonyl (C=O) groups excluding carboxylic acids is 1. The van der Waals surface area contributed by atoms with E-state index in [0.29, 0.717) is 0 Å². The number of nitrogens with zero attached hydrogens (tertiary/aromatic N) is 1. The number of hydrogen-bond donors (Lipinski definition) is 2. The lowest BCUT2D eigenvalue weighted by atomic mass is 9.98. The minimum atomic E-state index is -4.77. The van der Waals surface area contributed by atoms with Crippen LogP contribution in [0.15, 0.2) is 36.5 Å². The number of anilines is 1. The van der Waals surface area contributed by atoms with Crippen molar-refractivity contribution < 1.29 is 32.6 Å². The summed E-state index contributed by atoms with van der Waals surface area (Å²) in [5.41, 5.74) is -1.19. The molecule has 0 unspecified atom stereocenters. The van der Waals surface area contributed by atoms with Crippen molar-refractivity contribution >= 4 is 29.2 Å². The highest BCUT2D eigenvalue weighted by Gasteiger charge is 2.40. The Morgan fingerprint density at radius 3 is 2.70 bits per heavy atom. The number of benzene rings is 1. The summed E-state index contributed by atoms with van der Waals surface area (Å²) in [6.07, 6.45) is -7.40. The molecule has 0 spiro atoms. The van der Waals surface area contributed by atoms with Crippen molar-refractivity contribution in [2.45, 2.75) is 24.8 Å². The lowest BCUT2D eigenvalue weighted by Crippen LogP contribution is -2.32. The number of aliphatic carboxylic acids is 1. The number of amides is 1. The quantitative estimate of drug-likeness (QED) is 0.821. The van der Waals surface area contributed by atoms with Crippen LogP contribution in [-0.4, -0.2) is 28.1 Å². The molecule has 1 aromatic heterocycles. The van der Waals surface area contributed by atoms with Crippen molar-refractivity contribution in [2.24, 2.45) is 0 Å². The normalized spacial score (nSPS) is 19.8. The molecule has 0 bridgehead atoms. The van der Waals surface area contributed by atoms with Gasteiger partial charge in [-0.05, 0) is 24.3 Å². The summed E-state index contributed by atoms with van der Waals surface area (Å²) in [4.78, 5) is 26.7. The monoisotopic (exact) mass is 400 g/mol. The van der Waals surface area contributed by atoms with E-state index in [9.17, 15) is 22.8 Å². The van der Waals surface area contributed by atoms with Crippen molar-refractivity contribution in [3.05, 3.63) is 58.4 Å². The van der Waals surface area contributed by atoms with E-state index < -0.39 is 42.4 Å². The van der Waals surface area contributed by atoms with Gasteiger partial charge in [0.1, 0.15) is 12.2 Å². The number of rotatable bonds is 3. The zero-order valence-electron chi connectivity index (χ0n) is 13.5. The fourth-order valence-corrected chi connectivity index (χ4v) is 2.96. The SMILES string of the molecule is O=C(O)C[C@H]1O[C@H](c2cccnc2C(F)(F)F)c2cc(Cl)ccc2NC1=O. The van der Waals surface area contributed by atoms with Gasteiger partial charge in [0, 0.05) is 28.0 Å². The van der Waals surface area contributed by atoms with E-state index in [-0.39, 0.29) is 21.8 Å². The van der Waals surface area contributed by atoms with E-state index in [2.05, 4.69) is 10.3 Å². The fourth-order valence-electron chi connectivity index (χ4n) is 2.78. The minimum absolute atomic E-state index is 0.169. The molecule has 6 nitrogen and oxygen atoms in total. The molecular formula is C17H12ClF3N2O4. The standard InChI is InChI=1S/C17H12ClF3N2O4/c18-8-3-4-11-10(6-8)14(27-12(7-13(24)25)16(26)23-11)9-2-1-5-22-15(9)17(19,20)21/h1-6,12,14H,7H2,(H,23,26)(H,24,25)/t12-,14-/m1/s1. The number of carboxylic acids is 1. The van der Waals surface area contributed by atoms with Gasteiger partial charge in [0.2, 0.25) is 0 Å². The van der Waals surface area contributed by atoms with Crippen LogP contribution in [-0.2, 0) is 20.5 Å². The van der Waals surface area contributed by atoms with Gasteiger partial charge in [-0.1, -0.05) is 17.7 Å². The van der Waals surface area contributed by atoms with Crippen molar-refractivity contribution in [1.29, 1.82) is 0 Å². The van der Waals surface area contributed by atoms with Crippen LogP contribution < -0.4 is 5.32 Å². The number of carboxylic acid groups (broad SMARTS) is 1. The van der Waals surface area contributed by atoms with Crippen LogP contribution in [0.3, 0.4) is 0 Å². The van der Waals surface area contributed by atoms with Gasteiger partial charge in [0.15, 0.2) is 5.69 Å². The first-order valence-corrected chi connectivity index (χ1v) is 8.04. The summed E-state index contributed by atoms with van der Waals surface area (Å²) in [6, 6.07) is 6.68. The second kappa shape index (κ2) is 7.16. The number of carbonyl (C=O) groups is 2. The maximum atomic E-state index is 13.4. The van der Waals surface area contributed by atoms with E-state index in [1.807, 2.05) is 0 Å². The van der Waals surface area contributed by atoms with Gasteiger partial charge in [-0.2, -0.15) is 13.2 Å². The summed E-state index contributed by atoms with van der Waals surface area (Å²) < 4.78 is 45.8. The molecule has 2 aromatic rings. The molecule has 3 rings (SSSR count). The molecule has 0 aliphatic carbocycles. The molecule has 1 aromatic carbocycles. The lowest BCUT2D eigenvalue weighted by molar-refractivity contribution is -0.148. The average molecular weight is 401 g/mol. The average Bonchev–Trinajstić information content (AvgIpc) is 2.71. The van der Waals surface area contributed by atoms with Gasteiger partial charge in [0.25, 0.3) is 5.91 Å². The Bertz CT molecular complexity index is 904. The van der Waals surface area contributed by atoms with Crippen molar-refractivity contribution in [3.63, 3.8) is 0 Å². The number of hydrogen-bond acceptors (Lipinski definition) is 4. The van der Waals surface area contributed by atoms with Crippen LogP contribution in [0.2, 0.25) is 5.02 Å². The molecule has 27 heavy (non-hydrogen) atoms. The van der Waals surface area contributed by atoms with Crippen molar-refractivity contribution in [2.75, 3.05) is 5.32 Å². The first-order chi connectivity index (χ1) is 12.7. The largest absolute Gasteiger partial charge is 0.481 e. The van der Waals surface area contributed by atoms with Crippen molar-refractivity contribution in [1.82, 2.24) is 4.98 Å². The first kappa shape index (κ1) is 19.1. The number of aromatic nitrogens is 1. The zero-order chi connectivity index (χ0) is 19.8. The summed E-state index contributed by atoms with van der Waals surface area (Å²) in [6.45, 7) is 0. The molecule has 10 heteroatoms. The van der Waals surface area contributed by atoms with Crippen LogP contribution in [0.1, 0.15) is 29.3 Å². The van der Waals surface area contributed by atoms with Crippen LogP contribution in [0.4, 0.5) is 18.9 Å². The van der Waals surface area contributed by atoms with Crippen LogP contribution in [0.5, 0.6) is 0 Å². The number of halogens is 4. The molecule has 0 fully saturated rings. The Kier molecular flexibility index (Phi) is 5.07. The predicted molar refractivity (Wildman–Crippen MR) is 88.3 cm³/mol. The topological polar surface area (TPSA) is 88.5 Å². The smallest absolute Gasteiger partial charge is 0.433 e. The summed E-state index contributed by atoms with van der Waals surface area (Å²) >= 11 is 5.97. The van der Waals surface area contributed by atoms with Gasteiger partial charge in [-0.3, -0.25) is 14.6 Å². The third-order valence-corrected chi connectivity index (χ3v) is 4.13. The zero-order valence-corrected chi connectivity index (χ0v) is 14.2. The molecule has 1 aliphatic heterocycles. The minimum Gasteiger partial charge on any atom is -0.481 e. The van der Waals surface area contributed by atoms with Crippen molar-refractivity contribution in [3.8, 4) is 0 Å². The van der Waals surface area contributed by atoms with E-state index in [0.717, 1.165) is 6.20 Å². The lowest BCUT2D eigenvalue weighted by Gasteiger charge is -2.23. The van der Waals surface area contributed by atoms with Gasteiger partial charge in [-0.25, -0.2) is 0 Å². The first-order valence-electron chi connectivity index (χ1n) is 7.66. The number of nitrogens with one attached hydrogen (secondary N) is 1. The predicted octanol–water partition coefficient (Wildman–Crippen LogP) is 3.66. The Balaban J connectivity index is 2.18. The highest BCUT2D eigenvalue weighted by molar-refractivity contribution is 6.30. The fraction of sp³-hybridized carbons (Fsp3) is 0.235. The number of pyridine rings is 1. The Hall–Kier alpha value is -2.65. The molecule has 0 saturated carbocycles. The van der Waals surface area contributed by atoms with E-state index in [4.69, 9.17) is 21.4 Å². The number of ether oxygens (including phenoxy) is 1. The molecule has 1 amide bonds. The van der Waals surface area contributed by atoms with Crippen LogP contribution in [0, 0.1) is 0 Å². The molecular weight excluding hydrogens is 389 g/mol. The van der Waals surface area contributed by atoms with Gasteiger partial charge in [0.05, 0.1) is 6.42 Å². The molecule has 0 radical (unpaired) electrons. The number of alkyl halides is 3. The third-order valence-electron chi connectivity index (χ3n) is 3.90. The van der Waals surface area contributed by atoms with Crippen LogP contribution >= 0.6 is 11.6 Å². The third kappa shape index (κ3) is 4.04. The highest BCUT2D eigenvalue weighted by Crippen LogP contribution is 2.41. The highest BCUT2D eigenvalue weighted by atomic mass is 35.5. The molecule has 2 N–H and O–H groups in total. The van der Waals surface area contributed by atoms with Gasteiger partial charge >= 0.3 is 12.1 Å². The summed E-state index contributed by atoms with van der Waals surface area (Å²) in [5.74, 6) is -2.11. The Labute approximate surface area is 155 Å². The molecule has 1 aliphatic rings. The Morgan fingerprint density at radius 2 is 2.04 bits per heavy atom. The number of fused-ring (bicyclic) bond motifs is 1. The van der Waals surface area contributed by atoms with E-state index in [1.54, 1.807) is 0 Å². The molecule has 142 valence electrons. The van der Waals surface area contributed by atoms with E-state index in [1.165, 1.54) is 30.3 Å². The summed E-state index contributed by atoms with van der Waals surface area (Å²) in [7, 11) is 0. The second-order valence-electron chi connectivity index (χ2n) is 5.76.